The van der Waals surface area contributed by atoms with Gasteiger partial charge in [-0.1, -0.05) is 35.3 Å². The molecular formula is C21H19Cl3N6O4. The highest BCUT2D eigenvalue weighted by Gasteiger charge is 2.22. The first kappa shape index (κ1) is 25.4. The summed E-state index contributed by atoms with van der Waals surface area (Å²) in [6.07, 6.45) is 2.91. The second-order valence-electron chi connectivity index (χ2n) is 6.70. The third-order valence-electron chi connectivity index (χ3n) is 4.38. The Morgan fingerprint density at radius 3 is 2.32 bits per heavy atom. The highest BCUT2D eigenvalue weighted by atomic mass is 35.5. The molecule has 0 unspecified atom stereocenters. The van der Waals surface area contributed by atoms with Crippen LogP contribution in [0.5, 0.6) is 6.01 Å². The Hall–Kier alpha value is -3.21. The summed E-state index contributed by atoms with van der Waals surface area (Å²) >= 11 is 18.0. The maximum absolute atomic E-state index is 12.5. The SMILES string of the molecule is CCOC(=O)[C@H](Cc1ccc(NC(=O)c2c(Cl)cncc2Cl)cc1)Nc1nc(Cl)nc(OC)n1. The fraction of sp³-hybridized carbons (Fsp3) is 0.238. The molecule has 0 saturated carbocycles. The summed E-state index contributed by atoms with van der Waals surface area (Å²) < 4.78 is 10.1. The minimum atomic E-state index is -0.821. The van der Waals surface area contributed by atoms with Crippen molar-refractivity contribution in [2.45, 2.75) is 19.4 Å². The maximum atomic E-state index is 12.5. The lowest BCUT2D eigenvalue weighted by Gasteiger charge is -2.18. The van der Waals surface area contributed by atoms with Crippen molar-refractivity contribution in [2.24, 2.45) is 0 Å². The molecule has 2 N–H and O–H groups in total. The molecule has 0 bridgehead atoms. The largest absolute Gasteiger partial charge is 0.467 e. The zero-order valence-electron chi connectivity index (χ0n) is 18.0. The number of amides is 1. The number of halogens is 3. The number of nitrogens with one attached hydrogen (secondary N) is 2. The van der Waals surface area contributed by atoms with Crippen molar-refractivity contribution in [1.29, 1.82) is 0 Å². The molecule has 10 nitrogen and oxygen atoms in total. The van der Waals surface area contributed by atoms with Gasteiger partial charge in [0.15, 0.2) is 0 Å². The summed E-state index contributed by atoms with van der Waals surface area (Å²) in [6.45, 7) is 1.90. The van der Waals surface area contributed by atoms with Crippen LogP contribution < -0.4 is 15.4 Å². The van der Waals surface area contributed by atoms with Gasteiger partial charge in [0.25, 0.3) is 5.91 Å². The highest BCUT2D eigenvalue weighted by molar-refractivity contribution is 6.40. The number of carbonyl (C=O) groups is 2. The first-order chi connectivity index (χ1) is 16.3. The minimum absolute atomic E-state index is 0.000363. The summed E-state index contributed by atoms with van der Waals surface area (Å²) in [5.74, 6) is -0.917. The van der Waals surface area contributed by atoms with Crippen LogP contribution in [0.2, 0.25) is 15.3 Å². The number of aromatic nitrogens is 4. The molecule has 0 fully saturated rings. The number of esters is 1. The van der Waals surface area contributed by atoms with Crippen LogP contribution in [0.15, 0.2) is 36.7 Å². The van der Waals surface area contributed by atoms with Crippen LogP contribution in [0, 0.1) is 0 Å². The summed E-state index contributed by atoms with van der Waals surface area (Å²) in [5.41, 5.74) is 1.41. The third kappa shape index (κ3) is 6.66. The number of nitrogens with zero attached hydrogens (tertiary/aromatic N) is 4. The molecule has 0 aliphatic rings. The molecule has 0 saturated heterocycles. The number of ether oxygens (including phenoxy) is 2. The predicted octanol–water partition coefficient (Wildman–Crippen LogP) is 4.07. The molecule has 178 valence electrons. The number of carbonyl (C=O) groups excluding carboxylic acids is 2. The fourth-order valence-corrected chi connectivity index (χ4v) is 3.55. The van der Waals surface area contributed by atoms with Crippen LogP contribution >= 0.6 is 34.8 Å². The molecule has 0 radical (unpaired) electrons. The number of rotatable bonds is 9. The van der Waals surface area contributed by atoms with Crippen molar-refractivity contribution in [3.8, 4) is 6.01 Å². The van der Waals surface area contributed by atoms with Crippen molar-refractivity contribution in [2.75, 3.05) is 24.4 Å². The minimum Gasteiger partial charge on any atom is -0.467 e. The van der Waals surface area contributed by atoms with Crippen LogP contribution in [0.25, 0.3) is 0 Å². The highest BCUT2D eigenvalue weighted by Crippen LogP contribution is 2.24. The van der Waals surface area contributed by atoms with Gasteiger partial charge in [0.1, 0.15) is 6.04 Å². The van der Waals surface area contributed by atoms with E-state index in [9.17, 15) is 9.59 Å². The van der Waals surface area contributed by atoms with E-state index in [4.69, 9.17) is 44.3 Å². The molecule has 1 amide bonds. The van der Waals surface area contributed by atoms with Gasteiger partial charge < -0.3 is 20.1 Å². The average molecular weight is 526 g/mol. The lowest BCUT2D eigenvalue weighted by molar-refractivity contribution is -0.144. The van der Waals surface area contributed by atoms with Crippen molar-refractivity contribution in [3.63, 3.8) is 0 Å². The first-order valence-corrected chi connectivity index (χ1v) is 11.0. The van der Waals surface area contributed by atoms with E-state index in [1.807, 2.05) is 0 Å². The molecule has 0 aliphatic heterocycles. The molecule has 3 rings (SSSR count). The van der Waals surface area contributed by atoms with Gasteiger partial charge in [0.2, 0.25) is 11.2 Å². The number of benzene rings is 1. The summed E-state index contributed by atoms with van der Waals surface area (Å²) in [6, 6.07) is 6.04. The van der Waals surface area contributed by atoms with Gasteiger partial charge in [-0.05, 0) is 36.2 Å². The van der Waals surface area contributed by atoms with E-state index in [2.05, 4.69) is 30.6 Å². The third-order valence-corrected chi connectivity index (χ3v) is 5.12. The van der Waals surface area contributed by atoms with Gasteiger partial charge in [-0.3, -0.25) is 9.78 Å². The lowest BCUT2D eigenvalue weighted by Crippen LogP contribution is -2.34. The summed E-state index contributed by atoms with van der Waals surface area (Å²) in [5, 5.41) is 5.81. The Kier molecular flexibility index (Phi) is 8.80. The van der Waals surface area contributed by atoms with Gasteiger partial charge >= 0.3 is 12.0 Å². The zero-order chi connectivity index (χ0) is 24.7. The van der Waals surface area contributed by atoms with Crippen LogP contribution in [-0.2, 0) is 16.0 Å². The van der Waals surface area contributed by atoms with Crippen LogP contribution in [0.1, 0.15) is 22.8 Å². The van der Waals surface area contributed by atoms with Crippen molar-refractivity contribution < 1.29 is 19.1 Å². The molecular weight excluding hydrogens is 507 g/mol. The fourth-order valence-electron chi connectivity index (χ4n) is 2.86. The average Bonchev–Trinajstić information content (AvgIpc) is 2.79. The Labute approximate surface area is 210 Å². The molecule has 34 heavy (non-hydrogen) atoms. The van der Waals surface area contributed by atoms with Gasteiger partial charge in [-0.2, -0.15) is 15.0 Å². The van der Waals surface area contributed by atoms with Crippen LogP contribution in [0.3, 0.4) is 0 Å². The second-order valence-corrected chi connectivity index (χ2v) is 7.85. The molecule has 2 aromatic heterocycles. The van der Waals surface area contributed by atoms with E-state index in [0.29, 0.717) is 5.69 Å². The number of methoxy groups -OCH3 is 1. The molecule has 0 aliphatic carbocycles. The van der Waals surface area contributed by atoms with Gasteiger partial charge in [-0.25, -0.2) is 4.79 Å². The molecule has 13 heteroatoms. The topological polar surface area (TPSA) is 128 Å². The van der Waals surface area contributed by atoms with E-state index >= 15 is 0 Å². The number of anilines is 2. The summed E-state index contributed by atoms with van der Waals surface area (Å²) in [4.78, 5) is 40.7. The molecule has 1 aromatic carbocycles. The van der Waals surface area contributed by atoms with E-state index in [0.717, 1.165) is 5.56 Å². The van der Waals surface area contributed by atoms with Crippen molar-refractivity contribution >= 4 is 58.3 Å². The zero-order valence-corrected chi connectivity index (χ0v) is 20.3. The van der Waals surface area contributed by atoms with Crippen molar-refractivity contribution in [3.05, 3.63) is 63.1 Å². The van der Waals surface area contributed by atoms with Gasteiger partial charge in [0.05, 0.1) is 29.3 Å². The number of pyridine rings is 1. The molecule has 1 atom stereocenters. The molecule has 3 aromatic rings. The maximum Gasteiger partial charge on any atom is 0.328 e. The van der Waals surface area contributed by atoms with Gasteiger partial charge in [0, 0.05) is 24.5 Å². The summed E-state index contributed by atoms with van der Waals surface area (Å²) in [7, 11) is 1.38. The van der Waals surface area contributed by atoms with E-state index < -0.39 is 17.9 Å². The Morgan fingerprint density at radius 2 is 1.71 bits per heavy atom. The Balaban J connectivity index is 1.74. The van der Waals surface area contributed by atoms with E-state index in [-0.39, 0.29) is 45.9 Å². The smallest absolute Gasteiger partial charge is 0.328 e. The lowest BCUT2D eigenvalue weighted by atomic mass is 10.1. The van der Waals surface area contributed by atoms with E-state index in [1.54, 1.807) is 31.2 Å². The Morgan fingerprint density at radius 1 is 1.03 bits per heavy atom. The second kappa shape index (κ2) is 11.8. The van der Waals surface area contributed by atoms with Crippen LogP contribution in [0.4, 0.5) is 11.6 Å². The first-order valence-electron chi connectivity index (χ1n) is 9.88. The molecule has 2 heterocycles. The quantitative estimate of drug-likeness (QED) is 0.397. The monoisotopic (exact) mass is 524 g/mol. The Bertz CT molecular complexity index is 1160. The van der Waals surface area contributed by atoms with Gasteiger partial charge in [-0.15, -0.1) is 0 Å². The molecule has 0 spiro atoms. The van der Waals surface area contributed by atoms with Crippen molar-refractivity contribution in [1.82, 2.24) is 19.9 Å². The standard InChI is InChI=1S/C21H19Cl3N6O4/c1-3-34-18(32)15(27-20-28-19(24)29-21(30-20)33-2)8-11-4-6-12(7-5-11)26-17(31)16-13(22)9-25-10-14(16)23/h4-7,9-10,15H,3,8H2,1-2H3,(H,26,31)(H,27,28,29,30)/t15-/m0/s1. The van der Waals surface area contributed by atoms with E-state index in [1.165, 1.54) is 19.5 Å². The predicted molar refractivity (Wildman–Crippen MR) is 128 cm³/mol. The number of hydrogen-bond donors (Lipinski definition) is 2. The normalized spacial score (nSPS) is 11.4. The van der Waals surface area contributed by atoms with Crippen LogP contribution in [-0.4, -0.2) is 51.6 Å². The number of hydrogen-bond acceptors (Lipinski definition) is 9.